The Hall–Kier alpha value is -0.570. The first kappa shape index (κ1) is 23.4. The first-order valence-electron chi connectivity index (χ1n) is 10.6. The summed E-state index contributed by atoms with van der Waals surface area (Å²) in [7, 11) is 0. The molecular formula is C21H45N3. The molecule has 0 saturated heterocycles. The Morgan fingerprint density at radius 1 is 0.708 bits per heavy atom. The number of rotatable bonds is 15. The first-order valence-corrected chi connectivity index (χ1v) is 10.6. The molecule has 144 valence electrons. The molecule has 0 amide bonds. The number of hydrogen-bond acceptors (Lipinski definition) is 2. The largest absolute Gasteiger partial charge is 0.310 e. The summed E-state index contributed by atoms with van der Waals surface area (Å²) in [5.74, 6) is 1.06. The van der Waals surface area contributed by atoms with Crippen molar-refractivity contribution in [2.45, 2.75) is 124 Å². The molecular weight excluding hydrogens is 294 g/mol. The zero-order chi connectivity index (χ0) is 18.1. The first-order chi connectivity index (χ1) is 11.5. The smallest absolute Gasteiger partial charge is 0.111 e. The molecule has 0 heterocycles. The number of aliphatic imine (C=N–C) groups is 1. The lowest BCUT2D eigenvalue weighted by atomic mass is 10.1. The molecule has 0 aliphatic heterocycles. The predicted molar refractivity (Wildman–Crippen MR) is 110 cm³/mol. The SMILES string of the molecule is CCCCCCCCCCCCCCNNC(CC)=NC(C)(C)C. The minimum atomic E-state index is -0.00394. The fourth-order valence-corrected chi connectivity index (χ4v) is 2.82. The highest BCUT2D eigenvalue weighted by molar-refractivity contribution is 5.81. The molecule has 24 heavy (non-hydrogen) atoms. The van der Waals surface area contributed by atoms with Gasteiger partial charge in [-0.3, -0.25) is 4.99 Å². The van der Waals surface area contributed by atoms with Gasteiger partial charge in [-0.05, 0) is 27.2 Å². The highest BCUT2D eigenvalue weighted by atomic mass is 15.4. The third-order valence-corrected chi connectivity index (χ3v) is 4.19. The van der Waals surface area contributed by atoms with Crippen LogP contribution in [-0.2, 0) is 0 Å². The van der Waals surface area contributed by atoms with E-state index in [4.69, 9.17) is 0 Å². The van der Waals surface area contributed by atoms with E-state index < -0.39 is 0 Å². The van der Waals surface area contributed by atoms with Crippen LogP contribution in [0.1, 0.15) is 118 Å². The highest BCUT2D eigenvalue weighted by Crippen LogP contribution is 2.11. The van der Waals surface area contributed by atoms with Crippen LogP contribution in [0.5, 0.6) is 0 Å². The van der Waals surface area contributed by atoms with Gasteiger partial charge >= 0.3 is 0 Å². The van der Waals surface area contributed by atoms with Gasteiger partial charge in [0.25, 0.3) is 0 Å². The number of nitrogens with one attached hydrogen (secondary N) is 2. The van der Waals surface area contributed by atoms with E-state index in [-0.39, 0.29) is 5.54 Å². The number of hydrazine groups is 1. The van der Waals surface area contributed by atoms with E-state index in [1.807, 2.05) is 0 Å². The minimum absolute atomic E-state index is 0.00394. The van der Waals surface area contributed by atoms with Gasteiger partial charge in [0.15, 0.2) is 0 Å². The lowest BCUT2D eigenvalue weighted by Gasteiger charge is -2.17. The Morgan fingerprint density at radius 2 is 1.17 bits per heavy atom. The minimum Gasteiger partial charge on any atom is -0.310 e. The van der Waals surface area contributed by atoms with Gasteiger partial charge in [0, 0.05) is 13.0 Å². The summed E-state index contributed by atoms with van der Waals surface area (Å²) in [4.78, 5) is 4.67. The quantitative estimate of drug-likeness (QED) is 0.157. The third-order valence-electron chi connectivity index (χ3n) is 4.19. The van der Waals surface area contributed by atoms with E-state index in [9.17, 15) is 0 Å². The summed E-state index contributed by atoms with van der Waals surface area (Å²) in [6.45, 7) is 11.9. The Morgan fingerprint density at radius 3 is 1.58 bits per heavy atom. The Labute approximate surface area is 152 Å². The molecule has 0 radical (unpaired) electrons. The maximum absolute atomic E-state index is 4.67. The Balaban J connectivity index is 3.32. The van der Waals surface area contributed by atoms with Crippen LogP contribution in [0.4, 0.5) is 0 Å². The van der Waals surface area contributed by atoms with Crippen LogP contribution in [-0.4, -0.2) is 17.9 Å². The van der Waals surface area contributed by atoms with Crippen LogP contribution >= 0.6 is 0 Å². The van der Waals surface area contributed by atoms with Crippen LogP contribution in [0.15, 0.2) is 4.99 Å². The van der Waals surface area contributed by atoms with Crippen molar-refractivity contribution in [1.29, 1.82) is 0 Å². The van der Waals surface area contributed by atoms with Crippen molar-refractivity contribution < 1.29 is 0 Å². The molecule has 0 aliphatic carbocycles. The van der Waals surface area contributed by atoms with Crippen molar-refractivity contribution in [2.24, 2.45) is 4.99 Å². The lowest BCUT2D eigenvalue weighted by Crippen LogP contribution is -2.39. The monoisotopic (exact) mass is 339 g/mol. The second-order valence-electron chi connectivity index (χ2n) is 8.02. The summed E-state index contributed by atoms with van der Waals surface area (Å²) in [6, 6.07) is 0. The van der Waals surface area contributed by atoms with Crippen molar-refractivity contribution in [1.82, 2.24) is 10.9 Å². The maximum Gasteiger partial charge on any atom is 0.111 e. The Bertz CT molecular complexity index is 292. The van der Waals surface area contributed by atoms with E-state index in [0.29, 0.717) is 0 Å². The van der Waals surface area contributed by atoms with Crippen molar-refractivity contribution >= 4 is 5.84 Å². The summed E-state index contributed by atoms with van der Waals surface area (Å²) < 4.78 is 0. The third kappa shape index (κ3) is 17.8. The molecule has 3 heteroatoms. The molecule has 0 bridgehead atoms. The molecule has 0 fully saturated rings. The van der Waals surface area contributed by atoms with E-state index >= 15 is 0 Å². The van der Waals surface area contributed by atoms with E-state index in [1.54, 1.807) is 0 Å². The fraction of sp³-hybridized carbons (Fsp3) is 0.952. The molecule has 0 aliphatic rings. The topological polar surface area (TPSA) is 36.4 Å². The Kier molecular flexibility index (Phi) is 15.6. The van der Waals surface area contributed by atoms with Crippen molar-refractivity contribution in [3.05, 3.63) is 0 Å². The van der Waals surface area contributed by atoms with E-state index in [2.05, 4.69) is 50.5 Å². The van der Waals surface area contributed by atoms with Gasteiger partial charge in [0.05, 0.1) is 5.54 Å². The lowest BCUT2D eigenvalue weighted by molar-refractivity contribution is 0.526. The summed E-state index contributed by atoms with van der Waals surface area (Å²) in [5, 5.41) is 0. The molecule has 2 N–H and O–H groups in total. The van der Waals surface area contributed by atoms with E-state index in [1.165, 1.54) is 77.0 Å². The normalized spacial score (nSPS) is 12.6. The average molecular weight is 340 g/mol. The molecule has 0 aromatic carbocycles. The fourth-order valence-electron chi connectivity index (χ4n) is 2.82. The standard InChI is InChI=1S/C21H45N3/c1-6-8-9-10-11-12-13-14-15-16-17-18-19-22-24-20(7-2)23-21(3,4)5/h22H,6-19H2,1-5H3,(H,23,24). The van der Waals surface area contributed by atoms with Crippen LogP contribution in [0.3, 0.4) is 0 Å². The second-order valence-corrected chi connectivity index (χ2v) is 8.02. The van der Waals surface area contributed by atoms with Gasteiger partial charge in [-0.25, -0.2) is 5.43 Å². The summed E-state index contributed by atoms with van der Waals surface area (Å²) in [5.41, 5.74) is 6.58. The molecule has 0 atom stereocenters. The molecule has 3 nitrogen and oxygen atoms in total. The average Bonchev–Trinajstić information content (AvgIpc) is 2.53. The van der Waals surface area contributed by atoms with Gasteiger partial charge in [-0.15, -0.1) is 0 Å². The van der Waals surface area contributed by atoms with E-state index in [0.717, 1.165) is 18.8 Å². The molecule has 0 aromatic heterocycles. The highest BCUT2D eigenvalue weighted by Gasteiger charge is 2.08. The number of hydrogen-bond donors (Lipinski definition) is 2. The second kappa shape index (κ2) is 15.9. The zero-order valence-corrected chi connectivity index (χ0v) is 17.3. The van der Waals surface area contributed by atoms with Gasteiger partial charge in [-0.1, -0.05) is 84.5 Å². The number of nitrogens with zero attached hydrogens (tertiary/aromatic N) is 1. The summed E-state index contributed by atoms with van der Waals surface area (Å²) in [6.07, 6.45) is 17.8. The van der Waals surface area contributed by atoms with Crippen LogP contribution in [0.25, 0.3) is 0 Å². The van der Waals surface area contributed by atoms with Crippen molar-refractivity contribution in [3.63, 3.8) is 0 Å². The number of amidine groups is 1. The molecule has 0 saturated carbocycles. The molecule has 0 unspecified atom stereocenters. The predicted octanol–water partition coefficient (Wildman–Crippen LogP) is 6.39. The molecule has 0 aromatic rings. The maximum atomic E-state index is 4.67. The van der Waals surface area contributed by atoms with Crippen molar-refractivity contribution in [2.75, 3.05) is 6.54 Å². The van der Waals surface area contributed by atoms with Gasteiger partial charge in [0.2, 0.25) is 0 Å². The van der Waals surface area contributed by atoms with Crippen molar-refractivity contribution in [3.8, 4) is 0 Å². The van der Waals surface area contributed by atoms with Crippen LogP contribution < -0.4 is 10.9 Å². The molecule has 0 spiro atoms. The molecule has 0 rings (SSSR count). The van der Waals surface area contributed by atoms with Gasteiger partial charge in [0.1, 0.15) is 5.84 Å². The van der Waals surface area contributed by atoms with Gasteiger partial charge in [-0.2, -0.15) is 0 Å². The summed E-state index contributed by atoms with van der Waals surface area (Å²) >= 11 is 0. The number of unbranched alkanes of at least 4 members (excludes halogenated alkanes) is 11. The van der Waals surface area contributed by atoms with Crippen LogP contribution in [0.2, 0.25) is 0 Å². The zero-order valence-electron chi connectivity index (χ0n) is 17.3. The van der Waals surface area contributed by atoms with Gasteiger partial charge < -0.3 is 5.43 Å². The van der Waals surface area contributed by atoms with Crippen LogP contribution in [0, 0.1) is 0 Å².